The predicted molar refractivity (Wildman–Crippen MR) is 69.6 cm³/mol. The quantitative estimate of drug-likeness (QED) is 0.705. The standard InChI is InChI=1S/C13H25NS/c1-2-14(10-13(11-15)8-9-13)12-6-4-3-5-7-12/h12,15H,2-11H2,1H3. The lowest BCUT2D eigenvalue weighted by Gasteiger charge is -2.35. The van der Waals surface area contributed by atoms with Gasteiger partial charge >= 0.3 is 0 Å². The Kier molecular flexibility index (Phi) is 4.00. The van der Waals surface area contributed by atoms with Crippen LogP contribution in [0.3, 0.4) is 0 Å². The summed E-state index contributed by atoms with van der Waals surface area (Å²) >= 11 is 4.51. The van der Waals surface area contributed by atoms with Gasteiger partial charge in [0.2, 0.25) is 0 Å². The average molecular weight is 227 g/mol. The lowest BCUT2D eigenvalue weighted by Crippen LogP contribution is -2.40. The topological polar surface area (TPSA) is 3.24 Å². The van der Waals surface area contributed by atoms with Gasteiger partial charge in [0.25, 0.3) is 0 Å². The smallest absolute Gasteiger partial charge is 0.00953 e. The largest absolute Gasteiger partial charge is 0.300 e. The van der Waals surface area contributed by atoms with E-state index in [0.717, 1.165) is 11.8 Å². The fraction of sp³-hybridized carbons (Fsp3) is 1.00. The second kappa shape index (κ2) is 5.09. The second-order valence-electron chi connectivity index (χ2n) is 5.51. The molecule has 2 aliphatic carbocycles. The van der Waals surface area contributed by atoms with Gasteiger partial charge in [-0.05, 0) is 43.4 Å². The van der Waals surface area contributed by atoms with Crippen LogP contribution in [0.4, 0.5) is 0 Å². The highest BCUT2D eigenvalue weighted by Crippen LogP contribution is 2.47. The number of rotatable bonds is 5. The highest BCUT2D eigenvalue weighted by Gasteiger charge is 2.43. The SMILES string of the molecule is CCN(CC1(CS)CC1)C1CCCCC1. The highest BCUT2D eigenvalue weighted by molar-refractivity contribution is 7.80. The van der Waals surface area contributed by atoms with Crippen LogP contribution in [-0.4, -0.2) is 29.8 Å². The second-order valence-corrected chi connectivity index (χ2v) is 5.83. The van der Waals surface area contributed by atoms with Crippen LogP contribution in [0.5, 0.6) is 0 Å². The highest BCUT2D eigenvalue weighted by atomic mass is 32.1. The molecule has 2 fully saturated rings. The third-order valence-corrected chi connectivity index (χ3v) is 5.00. The molecule has 0 aromatic heterocycles. The van der Waals surface area contributed by atoms with Crippen molar-refractivity contribution < 1.29 is 0 Å². The molecule has 0 bridgehead atoms. The molecule has 2 heteroatoms. The first-order valence-electron chi connectivity index (χ1n) is 6.64. The van der Waals surface area contributed by atoms with Gasteiger partial charge in [-0.1, -0.05) is 26.2 Å². The molecule has 2 rings (SSSR count). The van der Waals surface area contributed by atoms with Crippen molar-refractivity contribution in [3.8, 4) is 0 Å². The summed E-state index contributed by atoms with van der Waals surface area (Å²) in [5.74, 6) is 1.09. The number of thiol groups is 1. The molecule has 0 amide bonds. The summed E-state index contributed by atoms with van der Waals surface area (Å²) < 4.78 is 0. The summed E-state index contributed by atoms with van der Waals surface area (Å²) in [6.07, 6.45) is 10.1. The molecule has 2 saturated carbocycles. The zero-order valence-electron chi connectivity index (χ0n) is 10.0. The maximum absolute atomic E-state index is 4.51. The number of hydrogen-bond acceptors (Lipinski definition) is 2. The van der Waals surface area contributed by atoms with Crippen LogP contribution in [0, 0.1) is 5.41 Å². The van der Waals surface area contributed by atoms with Gasteiger partial charge in [0.1, 0.15) is 0 Å². The fourth-order valence-corrected chi connectivity index (χ4v) is 3.34. The predicted octanol–water partition coefficient (Wildman–Crippen LogP) is 3.35. The Bertz CT molecular complexity index is 195. The van der Waals surface area contributed by atoms with E-state index in [1.54, 1.807) is 0 Å². The third-order valence-electron chi connectivity index (χ3n) is 4.33. The van der Waals surface area contributed by atoms with Crippen molar-refractivity contribution in [1.82, 2.24) is 4.90 Å². The minimum Gasteiger partial charge on any atom is -0.300 e. The molecule has 0 atom stereocenters. The van der Waals surface area contributed by atoms with Gasteiger partial charge in [-0.2, -0.15) is 12.6 Å². The van der Waals surface area contributed by atoms with E-state index < -0.39 is 0 Å². The molecular weight excluding hydrogens is 202 g/mol. The van der Waals surface area contributed by atoms with Gasteiger partial charge in [-0.25, -0.2) is 0 Å². The molecule has 0 aliphatic heterocycles. The summed E-state index contributed by atoms with van der Waals surface area (Å²) in [6.45, 7) is 4.88. The Balaban J connectivity index is 1.85. The van der Waals surface area contributed by atoms with E-state index in [1.807, 2.05) is 0 Å². The number of hydrogen-bond donors (Lipinski definition) is 1. The van der Waals surface area contributed by atoms with Crippen LogP contribution < -0.4 is 0 Å². The Morgan fingerprint density at radius 2 is 1.87 bits per heavy atom. The minimum absolute atomic E-state index is 0.608. The van der Waals surface area contributed by atoms with Crippen molar-refractivity contribution in [2.75, 3.05) is 18.8 Å². The average Bonchev–Trinajstić information content (AvgIpc) is 3.08. The van der Waals surface area contributed by atoms with Crippen molar-refractivity contribution >= 4 is 12.6 Å². The first-order chi connectivity index (χ1) is 7.29. The van der Waals surface area contributed by atoms with E-state index >= 15 is 0 Å². The lowest BCUT2D eigenvalue weighted by molar-refractivity contribution is 0.139. The molecular formula is C13H25NS. The Hall–Kier alpha value is 0.310. The normalized spacial score (nSPS) is 25.8. The van der Waals surface area contributed by atoms with Crippen LogP contribution in [0.1, 0.15) is 51.9 Å². The molecule has 0 radical (unpaired) electrons. The Labute approximate surface area is 100 Å². The fourth-order valence-electron chi connectivity index (χ4n) is 2.92. The van der Waals surface area contributed by atoms with Crippen LogP contribution >= 0.6 is 12.6 Å². The molecule has 0 saturated heterocycles. The van der Waals surface area contributed by atoms with Crippen molar-refractivity contribution in [3.63, 3.8) is 0 Å². The van der Waals surface area contributed by atoms with E-state index in [1.165, 1.54) is 58.0 Å². The number of nitrogens with zero attached hydrogens (tertiary/aromatic N) is 1. The zero-order chi connectivity index (χ0) is 10.7. The van der Waals surface area contributed by atoms with Crippen molar-refractivity contribution in [2.24, 2.45) is 5.41 Å². The summed E-state index contributed by atoms with van der Waals surface area (Å²) in [7, 11) is 0. The summed E-state index contributed by atoms with van der Waals surface area (Å²) in [5, 5.41) is 0. The van der Waals surface area contributed by atoms with Gasteiger partial charge < -0.3 is 4.90 Å². The van der Waals surface area contributed by atoms with Crippen molar-refractivity contribution in [3.05, 3.63) is 0 Å². The molecule has 0 heterocycles. The summed E-state index contributed by atoms with van der Waals surface area (Å²) in [5.41, 5.74) is 0.608. The minimum atomic E-state index is 0.608. The molecule has 0 N–H and O–H groups in total. The van der Waals surface area contributed by atoms with Gasteiger partial charge in [0.15, 0.2) is 0 Å². The molecule has 2 aliphatic rings. The maximum atomic E-state index is 4.51. The molecule has 15 heavy (non-hydrogen) atoms. The molecule has 0 aromatic carbocycles. The maximum Gasteiger partial charge on any atom is 0.00953 e. The molecule has 0 spiro atoms. The summed E-state index contributed by atoms with van der Waals surface area (Å²) in [6, 6.07) is 0.890. The van der Waals surface area contributed by atoms with E-state index in [0.29, 0.717) is 5.41 Å². The Morgan fingerprint density at radius 3 is 2.33 bits per heavy atom. The van der Waals surface area contributed by atoms with Crippen molar-refractivity contribution in [2.45, 2.75) is 57.9 Å². The van der Waals surface area contributed by atoms with Crippen LogP contribution in [-0.2, 0) is 0 Å². The molecule has 0 aromatic rings. The van der Waals surface area contributed by atoms with Crippen LogP contribution in [0.15, 0.2) is 0 Å². The van der Waals surface area contributed by atoms with Gasteiger partial charge in [-0.15, -0.1) is 0 Å². The van der Waals surface area contributed by atoms with Crippen molar-refractivity contribution in [1.29, 1.82) is 0 Å². The molecule has 1 nitrogen and oxygen atoms in total. The van der Waals surface area contributed by atoms with E-state index in [2.05, 4.69) is 24.5 Å². The first kappa shape index (κ1) is 11.8. The monoisotopic (exact) mass is 227 g/mol. The lowest BCUT2D eigenvalue weighted by atomic mass is 9.93. The van der Waals surface area contributed by atoms with E-state index in [4.69, 9.17) is 0 Å². The zero-order valence-corrected chi connectivity index (χ0v) is 10.9. The third kappa shape index (κ3) is 2.91. The van der Waals surface area contributed by atoms with Gasteiger partial charge in [0, 0.05) is 12.6 Å². The van der Waals surface area contributed by atoms with Crippen LogP contribution in [0.2, 0.25) is 0 Å². The summed E-state index contributed by atoms with van der Waals surface area (Å²) in [4.78, 5) is 2.74. The first-order valence-corrected chi connectivity index (χ1v) is 7.28. The van der Waals surface area contributed by atoms with E-state index in [9.17, 15) is 0 Å². The Morgan fingerprint density at radius 1 is 1.20 bits per heavy atom. The molecule has 88 valence electrons. The van der Waals surface area contributed by atoms with Crippen LogP contribution in [0.25, 0.3) is 0 Å². The van der Waals surface area contributed by atoms with E-state index in [-0.39, 0.29) is 0 Å². The van der Waals surface area contributed by atoms with Gasteiger partial charge in [-0.3, -0.25) is 0 Å². The molecule has 0 unspecified atom stereocenters. The van der Waals surface area contributed by atoms with Gasteiger partial charge in [0.05, 0.1) is 0 Å².